The standard InChI is InChI=1S/C12H15F2NO2/c1-3-11(12(16)17-2)15-7-8-4-5-9(13)6-10(8)14/h4-6,11,15H,3,7H2,1-2H3. The first-order chi connectivity index (χ1) is 8.08. The number of rotatable bonds is 5. The van der Waals surface area contributed by atoms with Crippen LogP contribution in [-0.2, 0) is 16.1 Å². The molecule has 17 heavy (non-hydrogen) atoms. The summed E-state index contributed by atoms with van der Waals surface area (Å²) in [6, 6.07) is 2.86. The molecule has 0 saturated carbocycles. The van der Waals surface area contributed by atoms with Gasteiger partial charge in [-0.05, 0) is 12.5 Å². The van der Waals surface area contributed by atoms with Crippen LogP contribution in [0.1, 0.15) is 18.9 Å². The van der Waals surface area contributed by atoms with Gasteiger partial charge in [-0.25, -0.2) is 8.78 Å². The summed E-state index contributed by atoms with van der Waals surface area (Å²) in [6.07, 6.45) is 0.537. The van der Waals surface area contributed by atoms with Gasteiger partial charge in [-0.3, -0.25) is 4.79 Å². The highest BCUT2D eigenvalue weighted by Crippen LogP contribution is 2.09. The highest BCUT2D eigenvalue weighted by atomic mass is 19.1. The largest absolute Gasteiger partial charge is 0.468 e. The molecule has 1 N–H and O–H groups in total. The fraction of sp³-hybridized carbons (Fsp3) is 0.417. The Morgan fingerprint density at radius 1 is 1.47 bits per heavy atom. The number of halogens is 2. The summed E-state index contributed by atoms with van der Waals surface area (Å²) in [7, 11) is 1.30. The minimum absolute atomic E-state index is 0.152. The average Bonchev–Trinajstić information content (AvgIpc) is 2.31. The van der Waals surface area contributed by atoms with E-state index in [-0.39, 0.29) is 6.54 Å². The maximum absolute atomic E-state index is 13.3. The maximum atomic E-state index is 13.3. The van der Waals surface area contributed by atoms with Gasteiger partial charge in [-0.15, -0.1) is 0 Å². The summed E-state index contributed by atoms with van der Waals surface area (Å²) in [5, 5.41) is 2.86. The molecule has 1 rings (SSSR count). The van der Waals surface area contributed by atoms with Gasteiger partial charge in [0, 0.05) is 18.2 Å². The number of carbonyl (C=O) groups excluding carboxylic acids is 1. The van der Waals surface area contributed by atoms with E-state index in [1.807, 2.05) is 6.92 Å². The van der Waals surface area contributed by atoms with Crippen molar-refractivity contribution in [2.45, 2.75) is 25.9 Å². The summed E-state index contributed by atoms with van der Waals surface area (Å²) < 4.78 is 30.5. The van der Waals surface area contributed by atoms with E-state index >= 15 is 0 Å². The maximum Gasteiger partial charge on any atom is 0.322 e. The summed E-state index contributed by atoms with van der Waals surface area (Å²) in [4.78, 5) is 11.3. The Hall–Kier alpha value is -1.49. The Balaban J connectivity index is 2.62. The highest BCUT2D eigenvalue weighted by molar-refractivity contribution is 5.75. The zero-order valence-electron chi connectivity index (χ0n) is 9.80. The van der Waals surface area contributed by atoms with E-state index in [4.69, 9.17) is 0 Å². The molecular weight excluding hydrogens is 228 g/mol. The predicted octanol–water partition coefficient (Wildman–Crippen LogP) is 2.01. The smallest absolute Gasteiger partial charge is 0.322 e. The summed E-state index contributed by atoms with van der Waals surface area (Å²) in [5.41, 5.74) is 0.314. The molecule has 0 radical (unpaired) electrons. The molecule has 1 aromatic rings. The molecule has 94 valence electrons. The second-order valence-corrected chi connectivity index (χ2v) is 3.60. The number of hydrogen-bond donors (Lipinski definition) is 1. The van der Waals surface area contributed by atoms with Crippen LogP contribution in [0.2, 0.25) is 0 Å². The molecule has 0 aromatic heterocycles. The van der Waals surface area contributed by atoms with E-state index in [0.717, 1.165) is 6.07 Å². The first kappa shape index (κ1) is 13.6. The molecular formula is C12H15F2NO2. The van der Waals surface area contributed by atoms with Crippen LogP contribution in [0.5, 0.6) is 0 Å². The van der Waals surface area contributed by atoms with Crippen LogP contribution < -0.4 is 5.32 Å². The summed E-state index contributed by atoms with van der Waals surface area (Å²) in [5.74, 6) is -1.64. The van der Waals surface area contributed by atoms with Gasteiger partial charge in [-0.1, -0.05) is 13.0 Å². The Morgan fingerprint density at radius 2 is 2.18 bits per heavy atom. The Labute approximate surface area is 98.8 Å². The molecule has 0 aliphatic heterocycles. The second kappa shape index (κ2) is 6.30. The minimum Gasteiger partial charge on any atom is -0.468 e. The normalized spacial score (nSPS) is 12.2. The summed E-state index contributed by atoms with van der Waals surface area (Å²) >= 11 is 0. The van der Waals surface area contributed by atoms with Crippen LogP contribution in [-0.4, -0.2) is 19.1 Å². The number of hydrogen-bond acceptors (Lipinski definition) is 3. The molecule has 3 nitrogen and oxygen atoms in total. The van der Waals surface area contributed by atoms with Crippen molar-refractivity contribution in [2.75, 3.05) is 7.11 Å². The van der Waals surface area contributed by atoms with Crippen molar-refractivity contribution in [2.24, 2.45) is 0 Å². The van der Waals surface area contributed by atoms with Crippen molar-refractivity contribution in [1.82, 2.24) is 5.32 Å². The number of methoxy groups -OCH3 is 1. The van der Waals surface area contributed by atoms with E-state index < -0.39 is 23.6 Å². The van der Waals surface area contributed by atoms with Gasteiger partial charge in [0.2, 0.25) is 0 Å². The van der Waals surface area contributed by atoms with Crippen molar-refractivity contribution in [1.29, 1.82) is 0 Å². The van der Waals surface area contributed by atoms with Crippen molar-refractivity contribution < 1.29 is 18.3 Å². The Morgan fingerprint density at radius 3 is 2.71 bits per heavy atom. The van der Waals surface area contributed by atoms with Crippen molar-refractivity contribution in [3.8, 4) is 0 Å². The quantitative estimate of drug-likeness (QED) is 0.804. The molecule has 0 bridgehead atoms. The molecule has 1 unspecified atom stereocenters. The predicted molar refractivity (Wildman–Crippen MR) is 59.3 cm³/mol. The fourth-order valence-electron chi connectivity index (χ4n) is 1.43. The molecule has 5 heteroatoms. The fourth-order valence-corrected chi connectivity index (χ4v) is 1.43. The number of esters is 1. The lowest BCUT2D eigenvalue weighted by Crippen LogP contribution is -2.36. The Bertz CT molecular complexity index is 396. The molecule has 0 fully saturated rings. The third kappa shape index (κ3) is 3.78. The lowest BCUT2D eigenvalue weighted by molar-refractivity contribution is -0.143. The second-order valence-electron chi connectivity index (χ2n) is 3.60. The lowest BCUT2D eigenvalue weighted by atomic mass is 10.1. The molecule has 0 saturated heterocycles. The number of ether oxygens (including phenoxy) is 1. The van der Waals surface area contributed by atoms with Crippen LogP contribution >= 0.6 is 0 Å². The molecule has 0 heterocycles. The van der Waals surface area contributed by atoms with Gasteiger partial charge in [0.05, 0.1) is 7.11 Å². The Kier molecular flexibility index (Phi) is 5.03. The van der Waals surface area contributed by atoms with Gasteiger partial charge in [0.25, 0.3) is 0 Å². The van der Waals surface area contributed by atoms with Gasteiger partial charge in [0.1, 0.15) is 17.7 Å². The van der Waals surface area contributed by atoms with E-state index in [0.29, 0.717) is 12.0 Å². The zero-order valence-corrected chi connectivity index (χ0v) is 9.80. The molecule has 0 spiro atoms. The summed E-state index contributed by atoms with van der Waals surface area (Å²) in [6.45, 7) is 1.97. The van der Waals surface area contributed by atoms with E-state index in [1.165, 1.54) is 19.2 Å². The topological polar surface area (TPSA) is 38.3 Å². The van der Waals surface area contributed by atoms with E-state index in [1.54, 1.807) is 0 Å². The minimum atomic E-state index is -0.628. The number of nitrogens with one attached hydrogen (secondary N) is 1. The van der Waals surface area contributed by atoms with Gasteiger partial charge in [-0.2, -0.15) is 0 Å². The number of benzene rings is 1. The average molecular weight is 243 g/mol. The first-order valence-electron chi connectivity index (χ1n) is 5.33. The molecule has 1 aromatic carbocycles. The lowest BCUT2D eigenvalue weighted by Gasteiger charge is -2.14. The van der Waals surface area contributed by atoms with Crippen LogP contribution in [0.4, 0.5) is 8.78 Å². The first-order valence-corrected chi connectivity index (χ1v) is 5.33. The zero-order chi connectivity index (χ0) is 12.8. The molecule has 0 amide bonds. The number of carbonyl (C=O) groups is 1. The monoisotopic (exact) mass is 243 g/mol. The SMILES string of the molecule is CCC(NCc1ccc(F)cc1F)C(=O)OC. The molecule has 1 atom stereocenters. The van der Waals surface area contributed by atoms with Gasteiger partial charge in [0.15, 0.2) is 0 Å². The van der Waals surface area contributed by atoms with Crippen LogP contribution in [0.25, 0.3) is 0 Å². The van der Waals surface area contributed by atoms with Crippen LogP contribution in [0, 0.1) is 11.6 Å². The molecule has 0 aliphatic rings. The highest BCUT2D eigenvalue weighted by Gasteiger charge is 2.16. The van der Waals surface area contributed by atoms with Gasteiger partial charge < -0.3 is 10.1 Å². The van der Waals surface area contributed by atoms with E-state index in [2.05, 4.69) is 10.1 Å². The van der Waals surface area contributed by atoms with Crippen LogP contribution in [0.3, 0.4) is 0 Å². The van der Waals surface area contributed by atoms with Gasteiger partial charge >= 0.3 is 5.97 Å². The van der Waals surface area contributed by atoms with E-state index in [9.17, 15) is 13.6 Å². The van der Waals surface area contributed by atoms with Crippen molar-refractivity contribution >= 4 is 5.97 Å². The molecule has 0 aliphatic carbocycles. The van der Waals surface area contributed by atoms with Crippen molar-refractivity contribution in [3.63, 3.8) is 0 Å². The third-order valence-electron chi connectivity index (χ3n) is 2.45. The van der Waals surface area contributed by atoms with Crippen LogP contribution in [0.15, 0.2) is 18.2 Å². The third-order valence-corrected chi connectivity index (χ3v) is 2.45. The van der Waals surface area contributed by atoms with Crippen molar-refractivity contribution in [3.05, 3.63) is 35.4 Å².